The fourth-order valence-corrected chi connectivity index (χ4v) is 5.26. The first-order chi connectivity index (χ1) is 14.0. The summed E-state index contributed by atoms with van der Waals surface area (Å²) in [4.78, 5) is 30.8. The summed E-state index contributed by atoms with van der Waals surface area (Å²) in [6.07, 6.45) is 0.748. The second-order valence-electron chi connectivity index (χ2n) is 6.07. The van der Waals surface area contributed by atoms with Gasteiger partial charge in [0.2, 0.25) is 11.0 Å². The third kappa shape index (κ3) is 4.31. The second-order valence-corrected chi connectivity index (χ2v) is 9.30. The van der Waals surface area contributed by atoms with Gasteiger partial charge >= 0.3 is 0 Å². The number of aryl methyl sites for hydroxylation is 2. The van der Waals surface area contributed by atoms with Gasteiger partial charge in [-0.05, 0) is 19.1 Å². The Hall–Kier alpha value is -2.37. The van der Waals surface area contributed by atoms with E-state index in [-0.39, 0.29) is 17.2 Å². The van der Waals surface area contributed by atoms with Crippen LogP contribution >= 0.6 is 34.9 Å². The van der Waals surface area contributed by atoms with Gasteiger partial charge in [-0.25, -0.2) is 4.98 Å². The zero-order valence-corrected chi connectivity index (χ0v) is 18.1. The molecule has 150 valence electrons. The van der Waals surface area contributed by atoms with E-state index in [1.165, 1.54) is 34.9 Å². The zero-order chi connectivity index (χ0) is 20.4. The molecule has 3 aromatic rings. The normalized spacial score (nSPS) is 12.6. The largest absolute Gasteiger partial charge is 0.497 e. The molecule has 0 radical (unpaired) electrons. The number of aromatic nitrogens is 4. The molecule has 11 heteroatoms. The molecular weight excluding hydrogens is 430 g/mol. The highest BCUT2D eigenvalue weighted by Gasteiger charge is 2.23. The minimum Gasteiger partial charge on any atom is -0.497 e. The lowest BCUT2D eigenvalue weighted by atomic mass is 10.3. The third-order valence-corrected chi connectivity index (χ3v) is 6.88. The standard InChI is InChI=1S/C18H17N5O3S3/c1-10-21-22-17(29-10)20-14(24)9-28-18-19-13-6-7-27-15(13)16(25)23(18)11-4-3-5-12(8-11)26-2/h3-5,8H,6-7,9H2,1-2H3,(H,20,22,24). The van der Waals surface area contributed by atoms with Gasteiger partial charge in [0.1, 0.15) is 10.8 Å². The van der Waals surface area contributed by atoms with E-state index < -0.39 is 0 Å². The minimum absolute atomic E-state index is 0.0982. The van der Waals surface area contributed by atoms with Crippen LogP contribution in [0.5, 0.6) is 5.75 Å². The Labute approximate surface area is 179 Å². The van der Waals surface area contributed by atoms with E-state index in [0.717, 1.165) is 22.9 Å². The van der Waals surface area contributed by atoms with Crippen LogP contribution in [0.3, 0.4) is 0 Å². The molecule has 0 bridgehead atoms. The summed E-state index contributed by atoms with van der Waals surface area (Å²) in [5, 5.41) is 12.2. The van der Waals surface area contributed by atoms with Crippen molar-refractivity contribution in [3.05, 3.63) is 45.3 Å². The maximum absolute atomic E-state index is 13.2. The number of fused-ring (bicyclic) bond motifs is 1. The molecule has 1 amide bonds. The molecule has 1 aromatic carbocycles. The lowest BCUT2D eigenvalue weighted by molar-refractivity contribution is -0.113. The molecule has 0 unspecified atom stereocenters. The number of thioether (sulfide) groups is 2. The van der Waals surface area contributed by atoms with Crippen molar-refractivity contribution >= 4 is 45.9 Å². The number of ether oxygens (including phenoxy) is 1. The van der Waals surface area contributed by atoms with Gasteiger partial charge in [-0.2, -0.15) is 0 Å². The number of rotatable bonds is 6. The molecule has 0 spiro atoms. The van der Waals surface area contributed by atoms with Crippen LogP contribution in [-0.2, 0) is 11.2 Å². The number of carbonyl (C=O) groups is 1. The van der Waals surface area contributed by atoms with Crippen molar-refractivity contribution in [1.82, 2.24) is 19.7 Å². The number of benzene rings is 1. The number of hydrogen-bond acceptors (Lipinski definition) is 9. The Morgan fingerprint density at radius 2 is 2.24 bits per heavy atom. The van der Waals surface area contributed by atoms with Crippen LogP contribution in [-0.4, -0.2) is 44.3 Å². The molecular formula is C18H17N5O3S3. The number of amides is 1. The topological polar surface area (TPSA) is 99.0 Å². The summed E-state index contributed by atoms with van der Waals surface area (Å²) in [5.41, 5.74) is 1.33. The Morgan fingerprint density at radius 3 is 3.00 bits per heavy atom. The van der Waals surface area contributed by atoms with Crippen molar-refractivity contribution in [2.75, 3.05) is 23.9 Å². The van der Waals surface area contributed by atoms with Gasteiger partial charge < -0.3 is 4.74 Å². The average molecular weight is 448 g/mol. The number of methoxy groups -OCH3 is 1. The second kappa shape index (κ2) is 8.56. The Morgan fingerprint density at radius 1 is 1.38 bits per heavy atom. The number of anilines is 1. The van der Waals surface area contributed by atoms with E-state index >= 15 is 0 Å². The van der Waals surface area contributed by atoms with E-state index in [9.17, 15) is 9.59 Å². The van der Waals surface area contributed by atoms with Crippen molar-refractivity contribution < 1.29 is 9.53 Å². The van der Waals surface area contributed by atoms with Gasteiger partial charge in [-0.1, -0.05) is 29.2 Å². The smallest absolute Gasteiger partial charge is 0.272 e. The van der Waals surface area contributed by atoms with E-state index in [1.807, 2.05) is 25.1 Å². The number of nitrogens with one attached hydrogen (secondary N) is 1. The van der Waals surface area contributed by atoms with Crippen molar-refractivity contribution in [1.29, 1.82) is 0 Å². The summed E-state index contributed by atoms with van der Waals surface area (Å²) in [7, 11) is 1.58. The Kier molecular flexibility index (Phi) is 5.88. The highest BCUT2D eigenvalue weighted by molar-refractivity contribution is 8.00. The fraction of sp³-hybridized carbons (Fsp3) is 0.278. The Bertz CT molecular complexity index is 1130. The number of hydrogen-bond donors (Lipinski definition) is 1. The quantitative estimate of drug-likeness (QED) is 0.455. The van der Waals surface area contributed by atoms with E-state index in [4.69, 9.17) is 4.74 Å². The van der Waals surface area contributed by atoms with Gasteiger partial charge in [0.15, 0.2) is 5.16 Å². The molecule has 4 rings (SSSR count). The molecule has 0 fully saturated rings. The number of carbonyl (C=O) groups excluding carboxylic acids is 1. The van der Waals surface area contributed by atoms with Gasteiger partial charge in [0.25, 0.3) is 5.56 Å². The maximum atomic E-state index is 13.2. The van der Waals surface area contributed by atoms with Gasteiger partial charge in [-0.3, -0.25) is 19.5 Å². The molecule has 1 aliphatic rings. The van der Waals surface area contributed by atoms with Gasteiger partial charge in [0, 0.05) is 18.2 Å². The molecule has 1 N–H and O–H groups in total. The van der Waals surface area contributed by atoms with Crippen LogP contribution in [0.15, 0.2) is 39.1 Å². The average Bonchev–Trinajstić information content (AvgIpc) is 3.35. The highest BCUT2D eigenvalue weighted by atomic mass is 32.2. The molecule has 0 atom stereocenters. The summed E-state index contributed by atoms with van der Waals surface area (Å²) in [6.45, 7) is 1.82. The fourth-order valence-electron chi connectivity index (χ4n) is 2.80. The SMILES string of the molecule is COc1cccc(-n2c(SCC(=O)Nc3nnc(C)s3)nc3c(c2=O)SCC3)c1. The Balaban J connectivity index is 1.64. The predicted octanol–water partition coefficient (Wildman–Crippen LogP) is 2.78. The predicted molar refractivity (Wildman–Crippen MR) is 115 cm³/mol. The summed E-state index contributed by atoms with van der Waals surface area (Å²) < 4.78 is 6.84. The lowest BCUT2D eigenvalue weighted by Crippen LogP contribution is -2.24. The first kappa shape index (κ1) is 19.9. The zero-order valence-electron chi connectivity index (χ0n) is 15.7. The first-order valence-corrected chi connectivity index (χ1v) is 11.5. The van der Waals surface area contributed by atoms with Crippen LogP contribution in [0.1, 0.15) is 10.7 Å². The van der Waals surface area contributed by atoms with Crippen LogP contribution in [0, 0.1) is 6.92 Å². The van der Waals surface area contributed by atoms with E-state index in [2.05, 4.69) is 20.5 Å². The van der Waals surface area contributed by atoms with Crippen LogP contribution in [0.25, 0.3) is 5.69 Å². The van der Waals surface area contributed by atoms with Gasteiger partial charge in [-0.15, -0.1) is 22.0 Å². The van der Waals surface area contributed by atoms with Crippen molar-refractivity contribution in [3.63, 3.8) is 0 Å². The van der Waals surface area contributed by atoms with Gasteiger partial charge in [0.05, 0.1) is 29.1 Å². The summed E-state index contributed by atoms with van der Waals surface area (Å²) in [5.74, 6) is 1.34. The van der Waals surface area contributed by atoms with E-state index in [0.29, 0.717) is 26.6 Å². The lowest BCUT2D eigenvalue weighted by Gasteiger charge is -2.14. The molecule has 0 aliphatic carbocycles. The molecule has 8 nitrogen and oxygen atoms in total. The molecule has 0 saturated heterocycles. The number of nitrogens with zero attached hydrogens (tertiary/aromatic N) is 4. The van der Waals surface area contributed by atoms with Crippen molar-refractivity contribution in [3.8, 4) is 11.4 Å². The van der Waals surface area contributed by atoms with Crippen LogP contribution in [0.4, 0.5) is 5.13 Å². The minimum atomic E-state index is -0.229. The monoisotopic (exact) mass is 447 g/mol. The van der Waals surface area contributed by atoms with Crippen LogP contribution in [0.2, 0.25) is 0 Å². The van der Waals surface area contributed by atoms with Crippen molar-refractivity contribution in [2.45, 2.75) is 23.4 Å². The summed E-state index contributed by atoms with van der Waals surface area (Å²) >= 11 is 4.05. The third-order valence-electron chi connectivity index (χ3n) is 4.08. The molecule has 1 aliphatic heterocycles. The molecule has 3 heterocycles. The summed E-state index contributed by atoms with van der Waals surface area (Å²) in [6, 6.07) is 7.24. The molecule has 2 aromatic heterocycles. The van der Waals surface area contributed by atoms with E-state index in [1.54, 1.807) is 17.7 Å². The van der Waals surface area contributed by atoms with Crippen LogP contribution < -0.4 is 15.6 Å². The highest BCUT2D eigenvalue weighted by Crippen LogP contribution is 2.30. The maximum Gasteiger partial charge on any atom is 0.272 e. The molecule has 29 heavy (non-hydrogen) atoms. The first-order valence-electron chi connectivity index (χ1n) is 8.71. The molecule has 0 saturated carbocycles. The van der Waals surface area contributed by atoms with Crippen molar-refractivity contribution in [2.24, 2.45) is 0 Å².